The molecule has 0 amide bonds. The molecule has 3 rings (SSSR count). The van der Waals surface area contributed by atoms with Crippen LogP contribution in [0.4, 0.5) is 9.59 Å². The first-order valence-corrected chi connectivity index (χ1v) is 11.6. The Morgan fingerprint density at radius 1 is 0.750 bits per heavy atom. The van der Waals surface area contributed by atoms with Gasteiger partial charge in [0.25, 0.3) is 0 Å². The van der Waals surface area contributed by atoms with E-state index < -0.39 is 12.3 Å². The van der Waals surface area contributed by atoms with Crippen molar-refractivity contribution in [1.29, 1.82) is 0 Å². The Morgan fingerprint density at radius 3 is 1.53 bits per heavy atom. The molecule has 0 N–H and O–H groups in total. The highest BCUT2D eigenvalue weighted by molar-refractivity contribution is 5.98. The first-order valence-electron chi connectivity index (χ1n) is 11.6. The van der Waals surface area contributed by atoms with Gasteiger partial charge in [-0.3, -0.25) is 0 Å². The third-order valence-corrected chi connectivity index (χ3v) is 5.63. The van der Waals surface area contributed by atoms with Crippen molar-refractivity contribution in [3.05, 3.63) is 35.4 Å². The van der Waals surface area contributed by atoms with Gasteiger partial charge in [0.2, 0.25) is 0 Å². The average Bonchev–Trinajstić information content (AvgIpc) is 2.75. The van der Waals surface area contributed by atoms with E-state index in [2.05, 4.69) is 27.7 Å². The molecule has 0 unspecified atom stereocenters. The minimum absolute atomic E-state index is 0.319. The Bertz CT molecular complexity index is 870. The van der Waals surface area contributed by atoms with E-state index in [1.54, 1.807) is 0 Å². The Kier molecular flexibility index (Phi) is 8.37. The maximum atomic E-state index is 12.4. The third kappa shape index (κ3) is 6.15. The molecule has 174 valence electrons. The predicted molar refractivity (Wildman–Crippen MR) is 123 cm³/mol. The largest absolute Gasteiger partial charge is 0.513 e. The molecule has 1 aliphatic rings. The minimum atomic E-state index is -0.703. The molecule has 0 heterocycles. The van der Waals surface area contributed by atoms with Gasteiger partial charge in [-0.2, -0.15) is 0 Å². The zero-order chi connectivity index (χ0) is 23.1. The van der Waals surface area contributed by atoms with Crippen molar-refractivity contribution in [3.63, 3.8) is 0 Å². The molecule has 0 saturated carbocycles. The van der Waals surface area contributed by atoms with Crippen LogP contribution in [0, 0.1) is 11.8 Å². The lowest BCUT2D eigenvalue weighted by molar-refractivity contribution is 0.0926. The molecule has 6 nitrogen and oxygen atoms in total. The van der Waals surface area contributed by atoms with Crippen LogP contribution in [0.5, 0.6) is 11.5 Å². The molecular formula is C26H34O6. The smallest absolute Gasteiger partial charge is 0.434 e. The summed E-state index contributed by atoms with van der Waals surface area (Å²) in [6.45, 7) is 8.94. The standard InChI is InChI=1S/C26H34O6/c1-17(2)13-15-29-25(27)31-23-19-9-5-7-11-21(19)24(22-12-8-6-10-20(22)23)32-26(28)30-16-14-18(3)4/h5,7,9,11,17-18H,6,8,10,12-16H2,1-4H3. The number of carbonyl (C=O) groups is 2. The molecular weight excluding hydrogens is 408 g/mol. The molecule has 32 heavy (non-hydrogen) atoms. The van der Waals surface area contributed by atoms with Crippen molar-refractivity contribution in [2.45, 2.75) is 66.2 Å². The summed E-state index contributed by atoms with van der Waals surface area (Å²) in [4.78, 5) is 24.8. The molecule has 0 saturated heterocycles. The van der Waals surface area contributed by atoms with Gasteiger partial charge in [0, 0.05) is 21.9 Å². The van der Waals surface area contributed by atoms with Gasteiger partial charge in [0.15, 0.2) is 0 Å². The first kappa shape index (κ1) is 23.9. The molecule has 0 bridgehead atoms. The molecule has 2 aromatic carbocycles. The van der Waals surface area contributed by atoms with Gasteiger partial charge in [-0.1, -0.05) is 52.0 Å². The number of ether oxygens (including phenoxy) is 4. The lowest BCUT2D eigenvalue weighted by Crippen LogP contribution is -2.18. The molecule has 0 atom stereocenters. The first-order chi connectivity index (χ1) is 15.4. The van der Waals surface area contributed by atoms with Crippen molar-refractivity contribution >= 4 is 23.1 Å². The zero-order valence-corrected chi connectivity index (χ0v) is 19.6. The van der Waals surface area contributed by atoms with Crippen molar-refractivity contribution in [2.24, 2.45) is 11.8 Å². The number of benzene rings is 2. The van der Waals surface area contributed by atoms with Gasteiger partial charge < -0.3 is 18.9 Å². The predicted octanol–water partition coefficient (Wildman–Crippen LogP) is 6.84. The number of fused-ring (bicyclic) bond motifs is 2. The molecule has 0 aliphatic heterocycles. The number of hydrogen-bond donors (Lipinski definition) is 0. The SMILES string of the molecule is CC(C)CCOC(=O)Oc1c2c(c(OC(=O)OCCC(C)C)c3ccccc13)CCCC2. The molecule has 0 fully saturated rings. The summed E-state index contributed by atoms with van der Waals surface area (Å²) in [6.07, 6.45) is 3.58. The summed E-state index contributed by atoms with van der Waals surface area (Å²) < 4.78 is 22.0. The molecule has 6 heteroatoms. The second-order valence-corrected chi connectivity index (χ2v) is 9.13. The Hall–Kier alpha value is -2.76. The fourth-order valence-corrected chi connectivity index (χ4v) is 3.83. The number of rotatable bonds is 8. The topological polar surface area (TPSA) is 71.1 Å². The minimum Gasteiger partial charge on any atom is -0.434 e. The van der Waals surface area contributed by atoms with E-state index in [1.165, 1.54) is 0 Å². The van der Waals surface area contributed by atoms with Gasteiger partial charge >= 0.3 is 12.3 Å². The van der Waals surface area contributed by atoms with Crippen LogP contribution in [0.15, 0.2) is 24.3 Å². The van der Waals surface area contributed by atoms with E-state index >= 15 is 0 Å². The lowest BCUT2D eigenvalue weighted by Gasteiger charge is -2.24. The van der Waals surface area contributed by atoms with Gasteiger partial charge in [-0.05, 0) is 50.4 Å². The fraction of sp³-hybridized carbons (Fsp3) is 0.538. The van der Waals surface area contributed by atoms with Gasteiger partial charge in [0.05, 0.1) is 13.2 Å². The highest BCUT2D eigenvalue weighted by atomic mass is 16.7. The zero-order valence-electron chi connectivity index (χ0n) is 19.6. The third-order valence-electron chi connectivity index (χ3n) is 5.63. The summed E-state index contributed by atoms with van der Waals surface area (Å²) in [5, 5.41) is 1.44. The Labute approximate surface area is 190 Å². The molecule has 2 aromatic rings. The lowest BCUT2D eigenvalue weighted by atomic mass is 9.87. The van der Waals surface area contributed by atoms with E-state index in [-0.39, 0.29) is 0 Å². The normalized spacial score (nSPS) is 13.2. The van der Waals surface area contributed by atoms with E-state index in [9.17, 15) is 9.59 Å². The van der Waals surface area contributed by atoms with Crippen molar-refractivity contribution in [2.75, 3.05) is 13.2 Å². The van der Waals surface area contributed by atoms with Crippen LogP contribution in [-0.2, 0) is 22.3 Å². The van der Waals surface area contributed by atoms with Crippen molar-refractivity contribution in [3.8, 4) is 11.5 Å². The molecule has 0 spiro atoms. The van der Waals surface area contributed by atoms with Crippen LogP contribution in [-0.4, -0.2) is 25.5 Å². The van der Waals surface area contributed by atoms with Crippen LogP contribution in [0.1, 0.15) is 64.5 Å². The highest BCUT2D eigenvalue weighted by Gasteiger charge is 2.27. The van der Waals surface area contributed by atoms with Crippen molar-refractivity contribution in [1.82, 2.24) is 0 Å². The number of hydrogen-bond acceptors (Lipinski definition) is 6. The van der Waals surface area contributed by atoms with Gasteiger partial charge in [0.1, 0.15) is 11.5 Å². The molecule has 1 aliphatic carbocycles. The summed E-state index contributed by atoms with van der Waals surface area (Å²) >= 11 is 0. The van der Waals surface area contributed by atoms with E-state index in [1.807, 2.05) is 24.3 Å². The monoisotopic (exact) mass is 442 g/mol. The Balaban J connectivity index is 1.91. The molecule has 0 aromatic heterocycles. The maximum Gasteiger partial charge on any atom is 0.513 e. The molecule has 0 radical (unpaired) electrons. The van der Waals surface area contributed by atoms with Crippen molar-refractivity contribution < 1.29 is 28.5 Å². The second kappa shape index (κ2) is 11.2. The van der Waals surface area contributed by atoms with Crippen LogP contribution in [0.3, 0.4) is 0 Å². The Morgan fingerprint density at radius 2 is 1.16 bits per heavy atom. The highest BCUT2D eigenvalue weighted by Crippen LogP contribution is 2.44. The van der Waals surface area contributed by atoms with Crippen LogP contribution in [0.2, 0.25) is 0 Å². The van der Waals surface area contributed by atoms with E-state index in [0.717, 1.165) is 60.4 Å². The fourth-order valence-electron chi connectivity index (χ4n) is 3.83. The summed E-state index contributed by atoms with van der Waals surface area (Å²) in [5.41, 5.74) is 1.81. The van der Waals surface area contributed by atoms with Gasteiger partial charge in [-0.25, -0.2) is 9.59 Å². The average molecular weight is 443 g/mol. The van der Waals surface area contributed by atoms with Crippen LogP contribution >= 0.6 is 0 Å². The maximum absolute atomic E-state index is 12.4. The van der Waals surface area contributed by atoms with Crippen LogP contribution < -0.4 is 9.47 Å². The van der Waals surface area contributed by atoms with Crippen LogP contribution in [0.25, 0.3) is 10.8 Å². The van der Waals surface area contributed by atoms with Gasteiger partial charge in [-0.15, -0.1) is 0 Å². The summed E-state index contributed by atoms with van der Waals surface area (Å²) in [5.74, 6) is 1.89. The number of carbonyl (C=O) groups excluding carboxylic acids is 2. The van der Waals surface area contributed by atoms with E-state index in [0.29, 0.717) is 36.5 Å². The van der Waals surface area contributed by atoms with E-state index in [4.69, 9.17) is 18.9 Å². The second-order valence-electron chi connectivity index (χ2n) is 9.13. The summed E-state index contributed by atoms with van der Waals surface area (Å²) in [7, 11) is 0. The summed E-state index contributed by atoms with van der Waals surface area (Å²) in [6, 6.07) is 7.49. The quantitative estimate of drug-likeness (QED) is 0.329.